The van der Waals surface area contributed by atoms with Gasteiger partial charge in [-0.15, -0.1) is 0 Å². The molecule has 0 bridgehead atoms. The fourth-order valence-corrected chi connectivity index (χ4v) is 4.37. The lowest BCUT2D eigenvalue weighted by molar-refractivity contribution is -0.386. The summed E-state index contributed by atoms with van der Waals surface area (Å²) in [5.41, 5.74) is 0.556. The van der Waals surface area contributed by atoms with Crippen molar-refractivity contribution >= 4 is 55.2 Å². The number of halogens is 2. The molecule has 0 spiro atoms. The van der Waals surface area contributed by atoms with E-state index in [4.69, 9.17) is 14.2 Å². The fourth-order valence-electron chi connectivity index (χ4n) is 2.54. The van der Waals surface area contributed by atoms with Crippen LogP contribution in [0.3, 0.4) is 0 Å². The van der Waals surface area contributed by atoms with Gasteiger partial charge in [-0.3, -0.25) is 10.1 Å². The third-order valence-corrected chi connectivity index (χ3v) is 5.00. The van der Waals surface area contributed by atoms with Crippen molar-refractivity contribution in [3.63, 3.8) is 0 Å². The minimum absolute atomic E-state index is 0.0394. The van der Waals surface area contributed by atoms with Gasteiger partial charge in [-0.1, -0.05) is 0 Å². The van der Waals surface area contributed by atoms with E-state index in [0.717, 1.165) is 0 Å². The Morgan fingerprint density at radius 2 is 1.88 bits per heavy atom. The highest BCUT2D eigenvalue weighted by molar-refractivity contribution is 9.11. The number of carbonyl (C=O) groups is 2. The van der Waals surface area contributed by atoms with E-state index < -0.39 is 16.9 Å². The molecule has 0 aromatic heterocycles. The molecule has 1 heterocycles. The van der Waals surface area contributed by atoms with Crippen LogP contribution in [0.4, 0.5) is 11.4 Å². The van der Waals surface area contributed by atoms with E-state index in [-0.39, 0.29) is 39.2 Å². The summed E-state index contributed by atoms with van der Waals surface area (Å²) < 4.78 is 15.3. The maximum atomic E-state index is 12.3. The predicted octanol–water partition coefficient (Wildman–Crippen LogP) is 2.82. The van der Waals surface area contributed by atoms with Crippen LogP contribution < -0.4 is 4.90 Å². The Kier molecular flexibility index (Phi) is 6.37. The molecule has 140 valence electrons. The van der Waals surface area contributed by atoms with Crippen molar-refractivity contribution in [1.82, 2.24) is 0 Å². The number of nitro groups is 1. The minimum Gasteiger partial charge on any atom is -0.466 e. The van der Waals surface area contributed by atoms with Crippen LogP contribution in [0.15, 0.2) is 26.3 Å². The van der Waals surface area contributed by atoms with E-state index in [1.54, 1.807) is 13.0 Å². The smallest absolute Gasteiger partial charge is 0.355 e. The summed E-state index contributed by atoms with van der Waals surface area (Å²) in [5, 5.41) is 11.4. The molecule has 2 rings (SSSR count). The highest BCUT2D eigenvalue weighted by Crippen LogP contribution is 2.44. The summed E-state index contributed by atoms with van der Waals surface area (Å²) in [4.78, 5) is 36.6. The molecule has 0 saturated heterocycles. The van der Waals surface area contributed by atoms with Gasteiger partial charge < -0.3 is 19.1 Å². The highest BCUT2D eigenvalue weighted by Gasteiger charge is 2.36. The first-order valence-corrected chi connectivity index (χ1v) is 8.71. The van der Waals surface area contributed by atoms with Crippen LogP contribution in [0, 0.1) is 17.0 Å². The number of methoxy groups -OCH3 is 2. The van der Waals surface area contributed by atoms with Gasteiger partial charge in [-0.2, -0.15) is 0 Å². The molecule has 9 nitrogen and oxygen atoms in total. The number of ether oxygens (including phenoxy) is 3. The van der Waals surface area contributed by atoms with Gasteiger partial charge in [0.2, 0.25) is 0 Å². The van der Waals surface area contributed by atoms with Crippen LogP contribution >= 0.6 is 31.9 Å². The van der Waals surface area contributed by atoms with Gasteiger partial charge >= 0.3 is 11.9 Å². The molecule has 26 heavy (non-hydrogen) atoms. The summed E-state index contributed by atoms with van der Waals surface area (Å²) in [5.74, 6) is -1.54. The van der Waals surface area contributed by atoms with E-state index in [2.05, 4.69) is 31.9 Å². The molecule has 0 radical (unpaired) electrons. The molecule has 0 unspecified atom stereocenters. The van der Waals surface area contributed by atoms with E-state index in [1.807, 2.05) is 0 Å². The van der Waals surface area contributed by atoms with Crippen molar-refractivity contribution in [3.05, 3.63) is 42.0 Å². The number of benzene rings is 1. The number of hydrogen-bond acceptors (Lipinski definition) is 8. The normalized spacial score (nSPS) is 14.3. The Bertz CT molecular complexity index is 823. The first kappa shape index (κ1) is 20.3. The Labute approximate surface area is 165 Å². The van der Waals surface area contributed by atoms with Gasteiger partial charge in [0.1, 0.15) is 16.9 Å². The number of nitrogens with zero attached hydrogens (tertiary/aromatic N) is 2. The van der Waals surface area contributed by atoms with Crippen LogP contribution in [-0.2, 0) is 23.8 Å². The van der Waals surface area contributed by atoms with E-state index in [9.17, 15) is 19.7 Å². The molecule has 0 amide bonds. The average Bonchev–Trinajstić information content (AvgIpc) is 2.59. The lowest BCUT2D eigenvalue weighted by Crippen LogP contribution is -2.39. The first-order chi connectivity index (χ1) is 12.2. The summed E-state index contributed by atoms with van der Waals surface area (Å²) in [7, 11) is 2.35. The Morgan fingerprint density at radius 1 is 1.27 bits per heavy atom. The first-order valence-electron chi connectivity index (χ1n) is 7.12. The van der Waals surface area contributed by atoms with Crippen LogP contribution in [0.1, 0.15) is 5.56 Å². The number of hydrogen-bond donors (Lipinski definition) is 0. The lowest BCUT2D eigenvalue weighted by atomic mass is 10.1. The molecular formula is C15H14Br2N2O7. The van der Waals surface area contributed by atoms with Gasteiger partial charge in [-0.05, 0) is 50.4 Å². The molecule has 0 saturated carbocycles. The summed E-state index contributed by atoms with van der Waals surface area (Å²) in [6, 6.07) is 1.54. The largest absolute Gasteiger partial charge is 0.466 e. The molecule has 1 aromatic rings. The molecule has 0 aliphatic carbocycles. The Balaban J connectivity index is 2.77. The van der Waals surface area contributed by atoms with Gasteiger partial charge in [0.05, 0.1) is 41.5 Å². The van der Waals surface area contributed by atoms with Crippen molar-refractivity contribution < 1.29 is 28.7 Å². The minimum atomic E-state index is -0.787. The third-order valence-electron chi connectivity index (χ3n) is 3.64. The van der Waals surface area contributed by atoms with E-state index in [0.29, 0.717) is 11.3 Å². The number of esters is 2. The SMILES string of the molecule is COC(=O)C1=C(C(=O)OC)N(c2c(C)cc(Br)c([N+](=O)[O-])c2Br)COC1. The predicted molar refractivity (Wildman–Crippen MR) is 97.6 cm³/mol. The molecular weight excluding hydrogens is 480 g/mol. The molecule has 1 aromatic carbocycles. The number of nitro benzene ring substituents is 1. The zero-order valence-electron chi connectivity index (χ0n) is 14.0. The van der Waals surface area contributed by atoms with Crippen molar-refractivity contribution in [1.29, 1.82) is 0 Å². The van der Waals surface area contributed by atoms with Crippen LogP contribution in [-0.4, -0.2) is 44.4 Å². The molecule has 11 heteroatoms. The quantitative estimate of drug-likeness (QED) is 0.358. The van der Waals surface area contributed by atoms with Gasteiger partial charge in [0.15, 0.2) is 0 Å². The van der Waals surface area contributed by atoms with E-state index >= 15 is 0 Å². The highest BCUT2D eigenvalue weighted by atomic mass is 79.9. The van der Waals surface area contributed by atoms with Crippen molar-refractivity contribution in [3.8, 4) is 0 Å². The molecule has 0 fully saturated rings. The van der Waals surface area contributed by atoms with Crippen LogP contribution in [0.25, 0.3) is 0 Å². The van der Waals surface area contributed by atoms with E-state index in [1.165, 1.54) is 19.1 Å². The second-order valence-electron chi connectivity index (χ2n) is 5.16. The van der Waals surface area contributed by atoms with Crippen LogP contribution in [0.2, 0.25) is 0 Å². The lowest BCUT2D eigenvalue weighted by Gasteiger charge is -2.32. The van der Waals surface area contributed by atoms with Gasteiger partial charge in [0, 0.05) is 0 Å². The number of anilines is 1. The maximum Gasteiger partial charge on any atom is 0.355 e. The summed E-state index contributed by atoms with van der Waals surface area (Å²) in [6.45, 7) is 1.45. The second kappa shape index (κ2) is 8.14. The maximum absolute atomic E-state index is 12.3. The molecule has 0 atom stereocenters. The monoisotopic (exact) mass is 492 g/mol. The Morgan fingerprint density at radius 3 is 2.42 bits per heavy atom. The molecule has 1 aliphatic heterocycles. The summed E-state index contributed by atoms with van der Waals surface area (Å²) in [6.07, 6.45) is 0. The zero-order chi connectivity index (χ0) is 19.6. The average molecular weight is 494 g/mol. The van der Waals surface area contributed by atoms with Crippen molar-refractivity contribution in [2.75, 3.05) is 32.5 Å². The van der Waals surface area contributed by atoms with Crippen molar-refractivity contribution in [2.45, 2.75) is 6.92 Å². The van der Waals surface area contributed by atoms with Crippen LogP contribution in [0.5, 0.6) is 0 Å². The van der Waals surface area contributed by atoms with Gasteiger partial charge in [0.25, 0.3) is 5.69 Å². The topological polar surface area (TPSA) is 108 Å². The number of aryl methyl sites for hydroxylation is 1. The Hall–Kier alpha value is -1.98. The fraction of sp³-hybridized carbons (Fsp3) is 0.333. The molecule has 1 aliphatic rings. The third kappa shape index (κ3) is 3.60. The zero-order valence-corrected chi connectivity index (χ0v) is 17.2. The molecule has 0 N–H and O–H groups in total. The second-order valence-corrected chi connectivity index (χ2v) is 6.81. The van der Waals surface area contributed by atoms with Gasteiger partial charge in [-0.25, -0.2) is 9.59 Å². The summed E-state index contributed by atoms with van der Waals surface area (Å²) >= 11 is 6.39. The van der Waals surface area contributed by atoms with Crippen molar-refractivity contribution in [2.24, 2.45) is 0 Å². The number of rotatable bonds is 4. The number of carbonyl (C=O) groups excluding carboxylic acids is 2. The standard InChI is InChI=1S/C15H14Br2N2O7/c1-7-4-9(16)13(19(22)23)10(17)11(7)18-6-26-5-8(14(20)24-2)12(18)15(21)25-3/h4H,5-6H2,1-3H3.